The monoisotopic (exact) mass is 434 g/mol. The van der Waals surface area contributed by atoms with Gasteiger partial charge in [-0.05, 0) is 18.2 Å². The summed E-state index contributed by atoms with van der Waals surface area (Å²) in [5.41, 5.74) is 4.07. The lowest BCUT2D eigenvalue weighted by Gasteiger charge is -2.19. The number of alkyl halides is 3. The fraction of sp³-hybridized carbons (Fsp3) is 0.211. The third-order valence-electron chi connectivity index (χ3n) is 5.03. The summed E-state index contributed by atoms with van der Waals surface area (Å²) in [5, 5.41) is 4.26. The van der Waals surface area contributed by atoms with Crippen LogP contribution in [0.3, 0.4) is 0 Å². The molecule has 4 aromatic rings. The molecule has 1 aromatic carbocycles. The second-order valence-electron chi connectivity index (χ2n) is 7.09. The van der Waals surface area contributed by atoms with Gasteiger partial charge in [-0.2, -0.15) is 18.3 Å². The summed E-state index contributed by atoms with van der Waals surface area (Å²) in [4.78, 5) is 23.0. The van der Waals surface area contributed by atoms with Gasteiger partial charge in [0, 0.05) is 23.4 Å². The molecule has 0 saturated heterocycles. The molecule has 1 aliphatic heterocycles. The lowest BCUT2D eigenvalue weighted by atomic mass is 10.1. The van der Waals surface area contributed by atoms with Crippen molar-refractivity contribution in [1.82, 2.24) is 24.7 Å². The Bertz CT molecular complexity index is 1300. The van der Waals surface area contributed by atoms with E-state index in [4.69, 9.17) is 11.6 Å². The number of aromatic amines is 2. The van der Waals surface area contributed by atoms with Gasteiger partial charge in [0.25, 0.3) is 0 Å². The average Bonchev–Trinajstić information content (AvgIpc) is 3.35. The van der Waals surface area contributed by atoms with Gasteiger partial charge in [-0.15, -0.1) is 0 Å². The molecular formula is C19H14ClF3N6O. The summed E-state index contributed by atoms with van der Waals surface area (Å²) in [6.45, 7) is -0.259. The number of rotatable bonds is 3. The Morgan fingerprint density at radius 3 is 2.63 bits per heavy atom. The molecule has 1 aliphatic rings. The van der Waals surface area contributed by atoms with Crippen LogP contribution in [0, 0.1) is 0 Å². The first kappa shape index (κ1) is 18.7. The smallest absolute Gasteiger partial charge is 0.361 e. The van der Waals surface area contributed by atoms with Crippen LogP contribution in [-0.2, 0) is 19.6 Å². The van der Waals surface area contributed by atoms with E-state index in [1.54, 1.807) is 6.07 Å². The Morgan fingerprint density at radius 1 is 1.13 bits per heavy atom. The lowest BCUT2D eigenvalue weighted by Crippen LogP contribution is -2.22. The molecule has 0 atom stereocenters. The van der Waals surface area contributed by atoms with Crippen molar-refractivity contribution in [2.45, 2.75) is 25.8 Å². The molecular weight excluding hydrogens is 421 g/mol. The highest BCUT2D eigenvalue weighted by Gasteiger charge is 2.32. The van der Waals surface area contributed by atoms with Gasteiger partial charge in [0.1, 0.15) is 6.54 Å². The molecule has 3 aromatic heterocycles. The first-order valence-corrected chi connectivity index (χ1v) is 9.39. The van der Waals surface area contributed by atoms with E-state index in [0.717, 1.165) is 21.5 Å². The van der Waals surface area contributed by atoms with Crippen molar-refractivity contribution < 1.29 is 13.2 Å². The molecule has 0 saturated carbocycles. The number of hydrogen-bond donors (Lipinski definition) is 2. The minimum absolute atomic E-state index is 0.348. The van der Waals surface area contributed by atoms with E-state index in [9.17, 15) is 18.0 Å². The molecule has 0 amide bonds. The number of nitrogens with zero attached hydrogens (tertiary/aromatic N) is 4. The summed E-state index contributed by atoms with van der Waals surface area (Å²) in [7, 11) is 0. The fourth-order valence-corrected chi connectivity index (χ4v) is 3.93. The number of imidazole rings is 1. The number of nitrogens with one attached hydrogen (secondary N) is 2. The van der Waals surface area contributed by atoms with E-state index >= 15 is 0 Å². The van der Waals surface area contributed by atoms with Crippen molar-refractivity contribution in [3.8, 4) is 11.3 Å². The summed E-state index contributed by atoms with van der Waals surface area (Å²) >= 11 is 6.32. The van der Waals surface area contributed by atoms with Crippen LogP contribution in [0.1, 0.15) is 11.3 Å². The standard InChI is InChI=1S/C19H14ClF3N6O/c20-13-5-14-17(27-18(30)25-14)26-16(13)10-1-3-12(4-2-10)28-7-11-6-24-29(15(11)8-28)9-19(21,22)23/h1-6H,7-9H2,(H2,25,26,27,30). The molecule has 0 bridgehead atoms. The first-order valence-electron chi connectivity index (χ1n) is 9.01. The molecule has 30 heavy (non-hydrogen) atoms. The van der Waals surface area contributed by atoms with E-state index in [2.05, 4.69) is 20.1 Å². The highest BCUT2D eigenvalue weighted by molar-refractivity contribution is 6.33. The number of fused-ring (bicyclic) bond motifs is 2. The van der Waals surface area contributed by atoms with Crippen molar-refractivity contribution in [1.29, 1.82) is 0 Å². The highest BCUT2D eigenvalue weighted by Crippen LogP contribution is 2.33. The highest BCUT2D eigenvalue weighted by atomic mass is 35.5. The van der Waals surface area contributed by atoms with E-state index in [-0.39, 0.29) is 5.69 Å². The van der Waals surface area contributed by atoms with Gasteiger partial charge < -0.3 is 9.88 Å². The maximum absolute atomic E-state index is 12.7. The van der Waals surface area contributed by atoms with Gasteiger partial charge >= 0.3 is 11.9 Å². The topological polar surface area (TPSA) is 82.6 Å². The van der Waals surface area contributed by atoms with Crippen LogP contribution in [0.4, 0.5) is 18.9 Å². The van der Waals surface area contributed by atoms with Crippen LogP contribution >= 0.6 is 11.6 Å². The number of aromatic nitrogens is 5. The number of anilines is 1. The van der Waals surface area contributed by atoms with Gasteiger partial charge in [0.15, 0.2) is 5.65 Å². The van der Waals surface area contributed by atoms with Gasteiger partial charge in [0.05, 0.1) is 34.7 Å². The van der Waals surface area contributed by atoms with Crippen LogP contribution in [0.2, 0.25) is 5.02 Å². The number of halogens is 4. The molecule has 7 nitrogen and oxygen atoms in total. The summed E-state index contributed by atoms with van der Waals surface area (Å²) < 4.78 is 39.2. The van der Waals surface area contributed by atoms with Crippen molar-refractivity contribution in [2.75, 3.05) is 4.90 Å². The zero-order valence-corrected chi connectivity index (χ0v) is 16.1. The van der Waals surface area contributed by atoms with E-state index in [0.29, 0.717) is 40.7 Å². The van der Waals surface area contributed by atoms with Crippen molar-refractivity contribution in [2.24, 2.45) is 0 Å². The molecule has 4 heterocycles. The molecule has 2 N–H and O–H groups in total. The van der Waals surface area contributed by atoms with Crippen molar-refractivity contribution in [3.05, 3.63) is 63.3 Å². The summed E-state index contributed by atoms with van der Waals surface area (Å²) in [5.74, 6) is 0. The molecule has 0 radical (unpaired) electrons. The first-order chi connectivity index (χ1) is 14.3. The van der Waals surface area contributed by atoms with E-state index < -0.39 is 12.7 Å². The quantitative estimate of drug-likeness (QED) is 0.513. The van der Waals surface area contributed by atoms with Crippen LogP contribution in [0.25, 0.3) is 22.4 Å². The van der Waals surface area contributed by atoms with Gasteiger partial charge in [-0.1, -0.05) is 23.7 Å². The Kier molecular flexibility index (Phi) is 4.14. The average molecular weight is 435 g/mol. The zero-order valence-electron chi connectivity index (χ0n) is 15.3. The van der Waals surface area contributed by atoms with Crippen LogP contribution < -0.4 is 10.6 Å². The molecule has 11 heteroatoms. The summed E-state index contributed by atoms with van der Waals surface area (Å²) in [6.07, 6.45) is -2.82. The second kappa shape index (κ2) is 6.63. The second-order valence-corrected chi connectivity index (χ2v) is 7.49. The number of pyridine rings is 1. The van der Waals surface area contributed by atoms with Crippen LogP contribution in [0.15, 0.2) is 41.3 Å². The molecule has 0 fully saturated rings. The normalized spacial score (nSPS) is 13.9. The summed E-state index contributed by atoms with van der Waals surface area (Å²) in [6, 6.07) is 9.04. The Balaban J connectivity index is 1.39. The van der Waals surface area contributed by atoms with Crippen molar-refractivity contribution in [3.63, 3.8) is 0 Å². The Labute approximate surface area is 172 Å². The minimum Gasteiger partial charge on any atom is -0.361 e. The maximum atomic E-state index is 12.7. The number of benzene rings is 1. The predicted octanol–water partition coefficient (Wildman–Crippen LogP) is 3.85. The Hall–Kier alpha value is -3.27. The maximum Gasteiger partial charge on any atom is 0.408 e. The van der Waals surface area contributed by atoms with E-state index in [1.807, 2.05) is 29.2 Å². The molecule has 154 valence electrons. The molecule has 0 spiro atoms. The minimum atomic E-state index is -4.31. The van der Waals surface area contributed by atoms with E-state index in [1.165, 1.54) is 6.20 Å². The predicted molar refractivity (Wildman–Crippen MR) is 105 cm³/mol. The third kappa shape index (κ3) is 3.32. The lowest BCUT2D eigenvalue weighted by molar-refractivity contribution is -0.143. The Morgan fingerprint density at radius 2 is 1.90 bits per heavy atom. The van der Waals surface area contributed by atoms with Crippen LogP contribution in [-0.4, -0.2) is 30.9 Å². The van der Waals surface area contributed by atoms with Gasteiger partial charge in [-0.25, -0.2) is 9.78 Å². The molecule has 5 rings (SSSR count). The molecule has 0 unspecified atom stereocenters. The van der Waals surface area contributed by atoms with Gasteiger partial charge in [0.2, 0.25) is 0 Å². The van der Waals surface area contributed by atoms with Crippen molar-refractivity contribution >= 4 is 28.5 Å². The number of H-pyrrole nitrogens is 2. The molecule has 0 aliphatic carbocycles. The zero-order chi connectivity index (χ0) is 21.0. The van der Waals surface area contributed by atoms with Crippen LogP contribution in [0.5, 0.6) is 0 Å². The SMILES string of the molecule is O=c1[nH]c2cc(Cl)c(-c3ccc(N4Cc5cnn(CC(F)(F)F)c5C4)cc3)nc2[nH]1. The largest absolute Gasteiger partial charge is 0.408 e. The fourth-order valence-electron chi connectivity index (χ4n) is 3.67. The van der Waals surface area contributed by atoms with Gasteiger partial charge in [-0.3, -0.25) is 9.67 Å². The third-order valence-corrected chi connectivity index (χ3v) is 5.32. The number of hydrogen-bond acceptors (Lipinski definition) is 4.